The normalized spacial score (nSPS) is 32.5. The number of aliphatic hydroxyl groups is 1. The van der Waals surface area contributed by atoms with Gasteiger partial charge in [0.05, 0.1) is 18.8 Å². The van der Waals surface area contributed by atoms with Gasteiger partial charge >= 0.3 is 0 Å². The van der Waals surface area contributed by atoms with E-state index in [0.29, 0.717) is 31.1 Å². The maximum atomic E-state index is 12.5. The Morgan fingerprint density at radius 2 is 1.78 bits per heavy atom. The smallest absolute Gasteiger partial charge is 0.226 e. The van der Waals surface area contributed by atoms with Crippen molar-refractivity contribution in [1.82, 2.24) is 5.32 Å². The monoisotopic (exact) mass is 325 g/mol. The van der Waals surface area contributed by atoms with Crippen LogP contribution in [0.2, 0.25) is 0 Å². The number of amides is 1. The van der Waals surface area contributed by atoms with E-state index in [4.69, 9.17) is 4.74 Å². The molecule has 0 unspecified atom stereocenters. The van der Waals surface area contributed by atoms with E-state index < -0.39 is 0 Å². The van der Waals surface area contributed by atoms with E-state index in [0.717, 1.165) is 32.1 Å². The summed E-state index contributed by atoms with van der Waals surface area (Å²) in [5, 5.41) is 12.7. The van der Waals surface area contributed by atoms with Crippen LogP contribution < -0.4 is 5.32 Å². The predicted octanol–water partition coefficient (Wildman–Crippen LogP) is 3.28. The average Bonchev–Trinajstić information content (AvgIpc) is 2.53. The zero-order chi connectivity index (χ0) is 16.9. The third kappa shape index (κ3) is 5.18. The number of nitrogens with one attached hydrogen (secondary N) is 1. The third-order valence-corrected chi connectivity index (χ3v) is 6.05. The summed E-state index contributed by atoms with van der Waals surface area (Å²) in [4.78, 5) is 12.5. The molecule has 0 radical (unpaired) electrons. The van der Waals surface area contributed by atoms with E-state index in [1.807, 2.05) is 13.8 Å². The zero-order valence-electron chi connectivity index (χ0n) is 15.1. The molecule has 4 nitrogen and oxygen atoms in total. The van der Waals surface area contributed by atoms with Crippen LogP contribution in [0.25, 0.3) is 0 Å². The molecule has 2 aliphatic carbocycles. The fraction of sp³-hybridized carbons (Fsp3) is 0.947. The molecule has 2 atom stereocenters. The van der Waals surface area contributed by atoms with E-state index in [1.54, 1.807) is 0 Å². The Hall–Kier alpha value is -0.610. The van der Waals surface area contributed by atoms with E-state index in [9.17, 15) is 9.90 Å². The topological polar surface area (TPSA) is 58.6 Å². The van der Waals surface area contributed by atoms with Gasteiger partial charge in [0.1, 0.15) is 0 Å². The zero-order valence-corrected chi connectivity index (χ0v) is 15.1. The van der Waals surface area contributed by atoms with Gasteiger partial charge in [0, 0.05) is 12.0 Å². The first-order valence-corrected chi connectivity index (χ1v) is 9.49. The minimum absolute atomic E-state index is 0.124. The molecular formula is C19H35NO3. The summed E-state index contributed by atoms with van der Waals surface area (Å²) in [7, 11) is 0. The fourth-order valence-electron chi connectivity index (χ4n) is 4.12. The Morgan fingerprint density at radius 3 is 2.43 bits per heavy atom. The molecule has 0 aliphatic heterocycles. The number of carbonyl (C=O) groups excluding carboxylic acids is 1. The first kappa shape index (κ1) is 18.7. The molecule has 2 fully saturated rings. The Morgan fingerprint density at radius 1 is 1.13 bits per heavy atom. The van der Waals surface area contributed by atoms with Crippen LogP contribution in [0.3, 0.4) is 0 Å². The molecule has 0 aromatic heterocycles. The van der Waals surface area contributed by atoms with Crippen molar-refractivity contribution in [2.45, 2.75) is 84.3 Å². The second-order valence-corrected chi connectivity index (χ2v) is 8.15. The molecule has 2 saturated carbocycles. The van der Waals surface area contributed by atoms with Crippen LogP contribution in [-0.2, 0) is 9.53 Å². The van der Waals surface area contributed by atoms with Gasteiger partial charge in [0.2, 0.25) is 5.91 Å². The van der Waals surface area contributed by atoms with Crippen LogP contribution >= 0.6 is 0 Å². The van der Waals surface area contributed by atoms with Crippen molar-refractivity contribution in [2.24, 2.45) is 17.3 Å². The lowest BCUT2D eigenvalue weighted by molar-refractivity contribution is -0.133. The summed E-state index contributed by atoms with van der Waals surface area (Å²) in [5.74, 6) is 1.13. The van der Waals surface area contributed by atoms with Crippen LogP contribution in [0.5, 0.6) is 0 Å². The van der Waals surface area contributed by atoms with Crippen LogP contribution in [0, 0.1) is 17.3 Å². The highest BCUT2D eigenvalue weighted by Crippen LogP contribution is 2.38. The van der Waals surface area contributed by atoms with Gasteiger partial charge in [0.25, 0.3) is 0 Å². The molecule has 23 heavy (non-hydrogen) atoms. The lowest BCUT2D eigenvalue weighted by Crippen LogP contribution is -2.44. The summed E-state index contributed by atoms with van der Waals surface area (Å²) in [5.41, 5.74) is -0.363. The van der Waals surface area contributed by atoms with Crippen molar-refractivity contribution >= 4 is 5.91 Å². The van der Waals surface area contributed by atoms with Crippen molar-refractivity contribution in [2.75, 3.05) is 13.2 Å². The van der Waals surface area contributed by atoms with Gasteiger partial charge in [-0.05, 0) is 50.4 Å². The standard InChI is InChI=1S/C19H35NO3/c1-14-6-4-5-7-17(14)23-13-12-20-18(22)19(2,3)15-8-10-16(21)11-9-15/h14-17,21H,4-13H2,1-3H3,(H,20,22)/t14-,15?,16?,17+/m1/s1. The largest absolute Gasteiger partial charge is 0.393 e. The number of hydrogen-bond acceptors (Lipinski definition) is 3. The number of carbonyl (C=O) groups is 1. The van der Waals surface area contributed by atoms with Crippen molar-refractivity contribution in [1.29, 1.82) is 0 Å². The minimum atomic E-state index is -0.363. The third-order valence-electron chi connectivity index (χ3n) is 6.05. The molecule has 134 valence electrons. The van der Waals surface area contributed by atoms with E-state index in [1.165, 1.54) is 19.3 Å². The van der Waals surface area contributed by atoms with Crippen LogP contribution in [0.4, 0.5) is 0 Å². The lowest BCUT2D eigenvalue weighted by atomic mass is 9.70. The first-order chi connectivity index (χ1) is 10.9. The summed E-state index contributed by atoms with van der Waals surface area (Å²) < 4.78 is 5.97. The van der Waals surface area contributed by atoms with Gasteiger partial charge in [0.15, 0.2) is 0 Å². The molecule has 2 N–H and O–H groups in total. The van der Waals surface area contributed by atoms with Gasteiger partial charge in [-0.3, -0.25) is 4.79 Å². The van der Waals surface area contributed by atoms with Crippen LogP contribution in [0.1, 0.15) is 72.1 Å². The molecule has 2 rings (SSSR count). The Kier molecular flexibility index (Phi) is 6.90. The van der Waals surface area contributed by atoms with Gasteiger partial charge in [-0.1, -0.05) is 33.6 Å². The molecule has 0 spiro atoms. The second-order valence-electron chi connectivity index (χ2n) is 8.15. The average molecular weight is 325 g/mol. The fourth-order valence-corrected chi connectivity index (χ4v) is 4.12. The van der Waals surface area contributed by atoms with Crippen molar-refractivity contribution in [3.05, 3.63) is 0 Å². The highest BCUT2D eigenvalue weighted by Gasteiger charge is 2.38. The SMILES string of the molecule is C[C@@H]1CCCC[C@@H]1OCCNC(=O)C(C)(C)C1CCC(O)CC1. The molecular weight excluding hydrogens is 290 g/mol. The Labute approximate surface area is 141 Å². The highest BCUT2D eigenvalue weighted by molar-refractivity contribution is 5.82. The number of aliphatic hydroxyl groups excluding tert-OH is 1. The maximum Gasteiger partial charge on any atom is 0.226 e. The van der Waals surface area contributed by atoms with Crippen LogP contribution in [0.15, 0.2) is 0 Å². The molecule has 4 heteroatoms. The molecule has 0 saturated heterocycles. The number of hydrogen-bond donors (Lipinski definition) is 2. The molecule has 2 aliphatic rings. The van der Waals surface area contributed by atoms with Gasteiger partial charge < -0.3 is 15.2 Å². The van der Waals surface area contributed by atoms with Gasteiger partial charge in [-0.2, -0.15) is 0 Å². The number of ether oxygens (including phenoxy) is 1. The van der Waals surface area contributed by atoms with E-state index >= 15 is 0 Å². The maximum absolute atomic E-state index is 12.5. The van der Waals surface area contributed by atoms with E-state index in [2.05, 4.69) is 12.2 Å². The minimum Gasteiger partial charge on any atom is -0.393 e. The lowest BCUT2D eigenvalue weighted by Gasteiger charge is -2.37. The molecule has 0 bridgehead atoms. The van der Waals surface area contributed by atoms with Crippen molar-refractivity contribution < 1.29 is 14.6 Å². The van der Waals surface area contributed by atoms with E-state index in [-0.39, 0.29) is 17.4 Å². The molecule has 1 amide bonds. The number of rotatable bonds is 6. The summed E-state index contributed by atoms with van der Waals surface area (Å²) in [6, 6.07) is 0. The van der Waals surface area contributed by atoms with Gasteiger partial charge in [-0.15, -0.1) is 0 Å². The summed E-state index contributed by atoms with van der Waals surface area (Å²) in [6.45, 7) is 7.55. The summed E-state index contributed by atoms with van der Waals surface area (Å²) >= 11 is 0. The quantitative estimate of drug-likeness (QED) is 0.737. The van der Waals surface area contributed by atoms with Crippen molar-refractivity contribution in [3.63, 3.8) is 0 Å². The van der Waals surface area contributed by atoms with Crippen molar-refractivity contribution in [3.8, 4) is 0 Å². The second kappa shape index (κ2) is 8.48. The molecule has 0 aromatic carbocycles. The predicted molar refractivity (Wildman–Crippen MR) is 92.1 cm³/mol. The molecule has 0 heterocycles. The Bertz CT molecular complexity index is 375. The Balaban J connectivity index is 1.69. The molecule has 0 aromatic rings. The summed E-state index contributed by atoms with van der Waals surface area (Å²) in [6.07, 6.45) is 8.74. The van der Waals surface area contributed by atoms with Crippen LogP contribution in [-0.4, -0.2) is 36.4 Å². The van der Waals surface area contributed by atoms with Gasteiger partial charge in [-0.25, -0.2) is 0 Å². The highest BCUT2D eigenvalue weighted by atomic mass is 16.5. The first-order valence-electron chi connectivity index (χ1n) is 9.49.